The lowest BCUT2D eigenvalue weighted by molar-refractivity contribution is -0.123. The zero-order valence-corrected chi connectivity index (χ0v) is 12.2. The predicted molar refractivity (Wildman–Crippen MR) is 72.7 cm³/mol. The van der Waals surface area contributed by atoms with Crippen LogP contribution in [0.15, 0.2) is 11.6 Å². The molecule has 0 aromatic rings. The summed E-state index contributed by atoms with van der Waals surface area (Å²) >= 11 is 0. The maximum absolute atomic E-state index is 11.8. The molecule has 2 nitrogen and oxygen atoms in total. The Morgan fingerprint density at radius 3 is 2.35 bits per heavy atom. The van der Waals surface area contributed by atoms with Crippen LogP contribution in [0.25, 0.3) is 0 Å². The Labute approximate surface area is 106 Å². The highest BCUT2D eigenvalue weighted by atomic mass is 16.2. The SMILES string of the molecule is C[C@@H]1CC[C@@H](C(C)(C)C)C/C1=C/C(=O)N(C)C. The minimum Gasteiger partial charge on any atom is -0.345 e. The Morgan fingerprint density at radius 2 is 1.88 bits per heavy atom. The lowest BCUT2D eigenvalue weighted by Crippen LogP contribution is -2.28. The second-order valence-electron chi connectivity index (χ2n) is 6.70. The summed E-state index contributed by atoms with van der Waals surface area (Å²) < 4.78 is 0. The van der Waals surface area contributed by atoms with E-state index in [4.69, 9.17) is 0 Å². The average Bonchev–Trinajstić information content (AvgIpc) is 2.19. The second-order valence-corrected chi connectivity index (χ2v) is 6.70. The van der Waals surface area contributed by atoms with E-state index in [1.165, 1.54) is 18.4 Å². The molecule has 1 aliphatic carbocycles. The highest BCUT2D eigenvalue weighted by molar-refractivity contribution is 5.87. The Balaban J connectivity index is 2.80. The van der Waals surface area contributed by atoms with E-state index in [1.807, 2.05) is 20.2 Å². The largest absolute Gasteiger partial charge is 0.345 e. The van der Waals surface area contributed by atoms with E-state index >= 15 is 0 Å². The third-order valence-corrected chi connectivity index (χ3v) is 4.04. The Bertz CT molecular complexity index is 309. The molecule has 0 heterocycles. The summed E-state index contributed by atoms with van der Waals surface area (Å²) in [4.78, 5) is 13.4. The first-order chi connectivity index (χ1) is 7.71. The van der Waals surface area contributed by atoms with Gasteiger partial charge in [-0.15, -0.1) is 0 Å². The van der Waals surface area contributed by atoms with E-state index in [9.17, 15) is 4.79 Å². The van der Waals surface area contributed by atoms with Crippen LogP contribution in [0, 0.1) is 17.3 Å². The number of amides is 1. The van der Waals surface area contributed by atoms with Crippen LogP contribution in [0.3, 0.4) is 0 Å². The van der Waals surface area contributed by atoms with Crippen LogP contribution >= 0.6 is 0 Å². The Kier molecular flexibility index (Phi) is 4.40. The summed E-state index contributed by atoms with van der Waals surface area (Å²) in [6.07, 6.45) is 5.46. The van der Waals surface area contributed by atoms with Crippen LogP contribution < -0.4 is 0 Å². The zero-order chi connectivity index (χ0) is 13.2. The predicted octanol–water partition coefficient (Wildman–Crippen LogP) is 3.48. The first kappa shape index (κ1) is 14.3. The van der Waals surface area contributed by atoms with Crippen LogP contribution in [-0.2, 0) is 4.79 Å². The maximum Gasteiger partial charge on any atom is 0.245 e. The van der Waals surface area contributed by atoms with Crippen molar-refractivity contribution in [1.82, 2.24) is 4.90 Å². The van der Waals surface area contributed by atoms with Gasteiger partial charge in [0.05, 0.1) is 0 Å². The van der Waals surface area contributed by atoms with Crippen LogP contribution in [-0.4, -0.2) is 24.9 Å². The molecule has 0 spiro atoms. The van der Waals surface area contributed by atoms with Crippen molar-refractivity contribution in [3.05, 3.63) is 11.6 Å². The van der Waals surface area contributed by atoms with Gasteiger partial charge in [0.2, 0.25) is 5.91 Å². The molecule has 0 aromatic heterocycles. The third-order valence-electron chi connectivity index (χ3n) is 4.04. The molecular formula is C15H27NO. The highest BCUT2D eigenvalue weighted by Gasteiger charge is 2.31. The Hall–Kier alpha value is -0.790. The van der Waals surface area contributed by atoms with Gasteiger partial charge in [0.15, 0.2) is 0 Å². The number of likely N-dealkylation sites (N-methyl/N-ethyl adjacent to an activating group) is 1. The molecule has 1 rings (SSSR count). The number of hydrogen-bond donors (Lipinski definition) is 0. The van der Waals surface area contributed by atoms with E-state index in [2.05, 4.69) is 27.7 Å². The molecule has 2 heteroatoms. The molecule has 1 aliphatic rings. The van der Waals surface area contributed by atoms with Gasteiger partial charge in [-0.05, 0) is 36.5 Å². The quantitative estimate of drug-likeness (QED) is 0.639. The fourth-order valence-corrected chi connectivity index (χ4v) is 2.45. The van der Waals surface area contributed by atoms with Crippen molar-refractivity contribution in [2.45, 2.75) is 47.0 Å². The number of nitrogens with zero attached hydrogens (tertiary/aromatic N) is 1. The summed E-state index contributed by atoms with van der Waals surface area (Å²) in [6.45, 7) is 9.16. The molecule has 1 fully saturated rings. The van der Waals surface area contributed by atoms with Gasteiger partial charge in [0, 0.05) is 20.2 Å². The summed E-state index contributed by atoms with van der Waals surface area (Å²) in [6, 6.07) is 0. The third kappa shape index (κ3) is 3.86. The minimum atomic E-state index is 0.126. The van der Waals surface area contributed by atoms with Crippen molar-refractivity contribution in [3.63, 3.8) is 0 Å². The van der Waals surface area contributed by atoms with Crippen LogP contribution in [0.1, 0.15) is 47.0 Å². The Morgan fingerprint density at radius 1 is 1.29 bits per heavy atom. The van der Waals surface area contributed by atoms with Crippen molar-refractivity contribution in [2.75, 3.05) is 14.1 Å². The fraction of sp³-hybridized carbons (Fsp3) is 0.800. The van der Waals surface area contributed by atoms with Gasteiger partial charge in [-0.3, -0.25) is 4.79 Å². The van der Waals surface area contributed by atoms with Gasteiger partial charge in [-0.25, -0.2) is 0 Å². The van der Waals surface area contributed by atoms with Crippen molar-refractivity contribution in [3.8, 4) is 0 Å². The molecule has 0 radical (unpaired) electrons. The molecule has 0 saturated heterocycles. The van der Waals surface area contributed by atoms with E-state index in [1.54, 1.807) is 4.90 Å². The number of allylic oxidation sites excluding steroid dienone is 1. The molecule has 1 saturated carbocycles. The highest BCUT2D eigenvalue weighted by Crippen LogP contribution is 2.42. The number of rotatable bonds is 1. The van der Waals surface area contributed by atoms with Gasteiger partial charge in [-0.1, -0.05) is 33.3 Å². The number of carbonyl (C=O) groups excluding carboxylic acids is 1. The first-order valence-corrected chi connectivity index (χ1v) is 6.63. The van der Waals surface area contributed by atoms with E-state index in [0.717, 1.165) is 6.42 Å². The first-order valence-electron chi connectivity index (χ1n) is 6.63. The van der Waals surface area contributed by atoms with Crippen molar-refractivity contribution in [2.24, 2.45) is 17.3 Å². The van der Waals surface area contributed by atoms with Gasteiger partial charge in [0.25, 0.3) is 0 Å². The van der Waals surface area contributed by atoms with Crippen LogP contribution in [0.4, 0.5) is 0 Å². The molecule has 0 N–H and O–H groups in total. The lowest BCUT2D eigenvalue weighted by Gasteiger charge is -2.37. The topological polar surface area (TPSA) is 20.3 Å². The fourth-order valence-electron chi connectivity index (χ4n) is 2.45. The minimum absolute atomic E-state index is 0.126. The van der Waals surface area contributed by atoms with Crippen molar-refractivity contribution < 1.29 is 4.79 Å². The monoisotopic (exact) mass is 237 g/mol. The maximum atomic E-state index is 11.8. The van der Waals surface area contributed by atoms with Gasteiger partial charge in [0.1, 0.15) is 0 Å². The van der Waals surface area contributed by atoms with E-state index in [-0.39, 0.29) is 5.91 Å². The summed E-state index contributed by atoms with van der Waals surface area (Å²) in [5.74, 6) is 1.40. The van der Waals surface area contributed by atoms with E-state index < -0.39 is 0 Å². The molecule has 0 bridgehead atoms. The lowest BCUT2D eigenvalue weighted by atomic mass is 9.68. The second kappa shape index (κ2) is 5.24. The normalized spacial score (nSPS) is 28.2. The zero-order valence-electron chi connectivity index (χ0n) is 12.2. The van der Waals surface area contributed by atoms with Crippen LogP contribution in [0.5, 0.6) is 0 Å². The summed E-state index contributed by atoms with van der Waals surface area (Å²) in [5.41, 5.74) is 1.69. The molecule has 0 aliphatic heterocycles. The van der Waals surface area contributed by atoms with Gasteiger partial charge in [-0.2, -0.15) is 0 Å². The molecule has 98 valence electrons. The number of hydrogen-bond acceptors (Lipinski definition) is 1. The van der Waals surface area contributed by atoms with Gasteiger partial charge < -0.3 is 4.90 Å². The van der Waals surface area contributed by atoms with Crippen molar-refractivity contribution >= 4 is 5.91 Å². The molecule has 2 atom stereocenters. The smallest absolute Gasteiger partial charge is 0.245 e. The summed E-state index contributed by atoms with van der Waals surface area (Å²) in [5, 5.41) is 0. The van der Waals surface area contributed by atoms with Gasteiger partial charge >= 0.3 is 0 Å². The van der Waals surface area contributed by atoms with E-state index in [0.29, 0.717) is 17.3 Å². The molecule has 17 heavy (non-hydrogen) atoms. The molecule has 0 unspecified atom stereocenters. The molecular weight excluding hydrogens is 210 g/mol. The van der Waals surface area contributed by atoms with Crippen LogP contribution in [0.2, 0.25) is 0 Å². The molecule has 1 amide bonds. The standard InChI is InChI=1S/C15H27NO/c1-11-7-8-13(15(2,3)4)9-12(11)10-14(17)16(5)6/h10-11,13H,7-9H2,1-6H3/b12-10-/t11-,13-/m1/s1. The summed E-state index contributed by atoms with van der Waals surface area (Å²) in [7, 11) is 3.63. The average molecular weight is 237 g/mol. The number of carbonyl (C=O) groups is 1. The van der Waals surface area contributed by atoms with Crippen molar-refractivity contribution in [1.29, 1.82) is 0 Å². The molecule has 0 aromatic carbocycles.